The second kappa shape index (κ2) is 7.20. The number of carbonyl (C=O) groups is 2. The fourth-order valence-electron chi connectivity index (χ4n) is 2.54. The summed E-state index contributed by atoms with van der Waals surface area (Å²) in [6, 6.07) is 9.43. The largest absolute Gasteiger partial charge is 0.342 e. The van der Waals surface area contributed by atoms with Crippen molar-refractivity contribution in [2.75, 3.05) is 32.7 Å². The van der Waals surface area contributed by atoms with Gasteiger partial charge in [0, 0.05) is 45.1 Å². The van der Waals surface area contributed by atoms with E-state index in [1.165, 1.54) is 0 Å². The minimum atomic E-state index is 0.146. The highest BCUT2D eigenvalue weighted by atomic mass is 16.2. The van der Waals surface area contributed by atoms with Gasteiger partial charge in [-0.25, -0.2) is 0 Å². The molecule has 1 amide bonds. The predicted molar refractivity (Wildman–Crippen MR) is 78.7 cm³/mol. The first kappa shape index (κ1) is 14.7. The van der Waals surface area contributed by atoms with Gasteiger partial charge in [-0.3, -0.25) is 9.59 Å². The summed E-state index contributed by atoms with van der Waals surface area (Å²) in [7, 11) is 0. The van der Waals surface area contributed by atoms with Crippen molar-refractivity contribution >= 4 is 11.7 Å². The summed E-state index contributed by atoms with van der Waals surface area (Å²) in [5.74, 6) is 0.338. The van der Waals surface area contributed by atoms with E-state index in [1.807, 2.05) is 35.2 Å². The van der Waals surface area contributed by atoms with Gasteiger partial charge in [0.15, 0.2) is 5.78 Å². The second-order valence-electron chi connectivity index (χ2n) is 5.24. The van der Waals surface area contributed by atoms with E-state index in [-0.39, 0.29) is 11.7 Å². The lowest BCUT2D eigenvalue weighted by atomic mass is 10.1. The smallest absolute Gasteiger partial charge is 0.219 e. The molecule has 1 heterocycles. The van der Waals surface area contributed by atoms with Crippen LogP contribution in [0, 0.1) is 0 Å². The van der Waals surface area contributed by atoms with Gasteiger partial charge in [-0.1, -0.05) is 30.3 Å². The van der Waals surface area contributed by atoms with Crippen molar-refractivity contribution < 1.29 is 9.59 Å². The van der Waals surface area contributed by atoms with E-state index in [4.69, 9.17) is 0 Å². The number of nitrogens with zero attached hydrogens (tertiary/aromatic N) is 2. The summed E-state index contributed by atoms with van der Waals surface area (Å²) >= 11 is 0. The van der Waals surface area contributed by atoms with Crippen molar-refractivity contribution in [3.63, 3.8) is 0 Å². The molecule has 1 aromatic carbocycles. The SMILES string of the molecule is CC(=O)N1CCCN(CCC(=O)c2ccccc2)CC1. The first-order chi connectivity index (χ1) is 9.66. The monoisotopic (exact) mass is 274 g/mol. The molecule has 4 nitrogen and oxygen atoms in total. The van der Waals surface area contributed by atoms with E-state index in [0.717, 1.165) is 44.7 Å². The highest BCUT2D eigenvalue weighted by Gasteiger charge is 2.17. The van der Waals surface area contributed by atoms with Crippen molar-refractivity contribution in [2.45, 2.75) is 19.8 Å². The predicted octanol–water partition coefficient (Wildman–Crippen LogP) is 1.81. The zero-order valence-corrected chi connectivity index (χ0v) is 12.0. The van der Waals surface area contributed by atoms with Crippen LogP contribution in [0.25, 0.3) is 0 Å². The molecule has 1 aliphatic heterocycles. The molecule has 108 valence electrons. The summed E-state index contributed by atoms with van der Waals surface area (Å²) in [6.45, 7) is 5.83. The van der Waals surface area contributed by atoms with Gasteiger partial charge >= 0.3 is 0 Å². The Labute approximate surface area is 120 Å². The molecule has 1 fully saturated rings. The Morgan fingerprint density at radius 3 is 2.50 bits per heavy atom. The molecule has 0 N–H and O–H groups in total. The highest BCUT2D eigenvalue weighted by molar-refractivity contribution is 5.96. The molecule has 0 unspecified atom stereocenters. The molecule has 2 rings (SSSR count). The van der Waals surface area contributed by atoms with E-state index < -0.39 is 0 Å². The Hall–Kier alpha value is -1.68. The van der Waals surface area contributed by atoms with Crippen LogP contribution >= 0.6 is 0 Å². The molecule has 0 radical (unpaired) electrons. The minimum Gasteiger partial charge on any atom is -0.342 e. The number of carbonyl (C=O) groups excluding carboxylic acids is 2. The van der Waals surface area contributed by atoms with Crippen LogP contribution in [0.4, 0.5) is 0 Å². The van der Waals surface area contributed by atoms with Crippen LogP contribution in [-0.2, 0) is 4.79 Å². The van der Waals surface area contributed by atoms with Crippen molar-refractivity contribution in [2.24, 2.45) is 0 Å². The molecule has 0 atom stereocenters. The fraction of sp³-hybridized carbons (Fsp3) is 0.500. The number of benzene rings is 1. The first-order valence-corrected chi connectivity index (χ1v) is 7.23. The average Bonchev–Trinajstić information content (AvgIpc) is 2.71. The van der Waals surface area contributed by atoms with E-state index in [0.29, 0.717) is 6.42 Å². The van der Waals surface area contributed by atoms with Crippen molar-refractivity contribution in [1.29, 1.82) is 0 Å². The van der Waals surface area contributed by atoms with E-state index in [9.17, 15) is 9.59 Å². The molecule has 4 heteroatoms. The lowest BCUT2D eigenvalue weighted by Crippen LogP contribution is -2.34. The third-order valence-electron chi connectivity index (χ3n) is 3.78. The maximum Gasteiger partial charge on any atom is 0.219 e. The Balaban J connectivity index is 1.80. The van der Waals surface area contributed by atoms with Gasteiger partial charge < -0.3 is 9.80 Å². The van der Waals surface area contributed by atoms with Gasteiger partial charge in [0.25, 0.3) is 0 Å². The highest BCUT2D eigenvalue weighted by Crippen LogP contribution is 2.07. The van der Waals surface area contributed by atoms with Gasteiger partial charge in [-0.05, 0) is 13.0 Å². The van der Waals surface area contributed by atoms with E-state index in [1.54, 1.807) is 6.92 Å². The quantitative estimate of drug-likeness (QED) is 0.786. The molecule has 0 bridgehead atoms. The van der Waals surface area contributed by atoms with Crippen LogP contribution in [0.15, 0.2) is 30.3 Å². The van der Waals surface area contributed by atoms with Gasteiger partial charge in [-0.15, -0.1) is 0 Å². The second-order valence-corrected chi connectivity index (χ2v) is 5.24. The lowest BCUT2D eigenvalue weighted by molar-refractivity contribution is -0.128. The minimum absolute atomic E-state index is 0.146. The zero-order chi connectivity index (χ0) is 14.4. The Kier molecular flexibility index (Phi) is 5.30. The van der Waals surface area contributed by atoms with Crippen molar-refractivity contribution in [3.8, 4) is 0 Å². The third kappa shape index (κ3) is 4.17. The van der Waals surface area contributed by atoms with Crippen LogP contribution in [0.3, 0.4) is 0 Å². The van der Waals surface area contributed by atoms with Crippen LogP contribution < -0.4 is 0 Å². The molecule has 0 aromatic heterocycles. The Morgan fingerprint density at radius 1 is 1.05 bits per heavy atom. The number of rotatable bonds is 4. The number of amides is 1. The fourth-order valence-corrected chi connectivity index (χ4v) is 2.54. The molecule has 1 aromatic rings. The number of ketones is 1. The van der Waals surface area contributed by atoms with Crippen molar-refractivity contribution in [1.82, 2.24) is 9.80 Å². The van der Waals surface area contributed by atoms with Crippen LogP contribution in [-0.4, -0.2) is 54.2 Å². The normalized spacial score (nSPS) is 16.8. The van der Waals surface area contributed by atoms with Crippen LogP contribution in [0.5, 0.6) is 0 Å². The van der Waals surface area contributed by atoms with Crippen molar-refractivity contribution in [3.05, 3.63) is 35.9 Å². The summed E-state index contributed by atoms with van der Waals surface area (Å²) in [5.41, 5.74) is 0.785. The number of hydrogen-bond donors (Lipinski definition) is 0. The maximum absolute atomic E-state index is 12.1. The van der Waals surface area contributed by atoms with Gasteiger partial charge in [0.05, 0.1) is 0 Å². The zero-order valence-electron chi connectivity index (χ0n) is 12.0. The Bertz CT molecular complexity index is 459. The summed E-state index contributed by atoms with van der Waals surface area (Å²) in [5, 5.41) is 0. The van der Waals surface area contributed by atoms with Crippen LogP contribution in [0.1, 0.15) is 30.1 Å². The van der Waals surface area contributed by atoms with Crippen LogP contribution in [0.2, 0.25) is 0 Å². The summed E-state index contributed by atoms with van der Waals surface area (Å²) < 4.78 is 0. The third-order valence-corrected chi connectivity index (χ3v) is 3.78. The topological polar surface area (TPSA) is 40.6 Å². The summed E-state index contributed by atoms with van der Waals surface area (Å²) in [6.07, 6.45) is 1.53. The molecule has 0 saturated carbocycles. The number of hydrogen-bond acceptors (Lipinski definition) is 3. The molecule has 20 heavy (non-hydrogen) atoms. The van der Waals surface area contributed by atoms with Gasteiger partial charge in [-0.2, -0.15) is 0 Å². The molecule has 1 saturated heterocycles. The van der Waals surface area contributed by atoms with E-state index in [2.05, 4.69) is 4.90 Å². The first-order valence-electron chi connectivity index (χ1n) is 7.23. The molecular weight excluding hydrogens is 252 g/mol. The maximum atomic E-state index is 12.1. The van der Waals surface area contributed by atoms with E-state index >= 15 is 0 Å². The molecule has 1 aliphatic rings. The average molecular weight is 274 g/mol. The molecule has 0 spiro atoms. The lowest BCUT2D eigenvalue weighted by Gasteiger charge is -2.20. The standard InChI is InChI=1S/C16H22N2O2/c1-14(19)18-10-5-9-17(12-13-18)11-8-16(20)15-6-3-2-4-7-15/h2-4,6-7H,5,8-13H2,1H3. The molecular formula is C16H22N2O2. The Morgan fingerprint density at radius 2 is 1.80 bits per heavy atom. The van der Waals surface area contributed by atoms with Gasteiger partial charge in [0.2, 0.25) is 5.91 Å². The number of Topliss-reactive ketones (excluding diaryl/α,β-unsaturated/α-hetero) is 1. The summed E-state index contributed by atoms with van der Waals surface area (Å²) in [4.78, 5) is 27.6. The molecule has 0 aliphatic carbocycles. The van der Waals surface area contributed by atoms with Gasteiger partial charge in [0.1, 0.15) is 0 Å².